The normalized spacial score (nSPS) is 30.7. The molecule has 1 rings (SSSR count). The van der Waals surface area contributed by atoms with Gasteiger partial charge in [-0.25, -0.2) is 0 Å². The summed E-state index contributed by atoms with van der Waals surface area (Å²) in [5, 5.41) is 32.6. The average Bonchev–Trinajstić information content (AvgIpc) is 2.59. The van der Waals surface area contributed by atoms with Crippen molar-refractivity contribution < 1.29 is 34.4 Å². The van der Waals surface area contributed by atoms with E-state index in [1.165, 1.54) is 0 Å². The summed E-state index contributed by atoms with van der Waals surface area (Å²) in [6.45, 7) is 5.15. The highest BCUT2D eigenvalue weighted by atomic mass is 35.5. The minimum atomic E-state index is -1.54. The van der Waals surface area contributed by atoms with Crippen molar-refractivity contribution in [3.63, 3.8) is 0 Å². The first-order valence-corrected chi connectivity index (χ1v) is 8.64. The molecule has 1 heterocycles. The number of hydrogen-bond acceptors (Lipinski definition) is 8. The molecule has 1 unspecified atom stereocenters. The summed E-state index contributed by atoms with van der Waals surface area (Å²) in [4.78, 5) is 23.5. The number of amides is 1. The molecule has 0 radical (unpaired) electrons. The molecule has 0 aliphatic carbocycles. The molecule has 0 aromatic heterocycles. The quantitative estimate of drug-likeness (QED) is 0.328. The van der Waals surface area contributed by atoms with Crippen molar-refractivity contribution in [1.29, 1.82) is 0 Å². The SMILES string of the molecule is CCCC(=O)N[C@H]1C(O)O[C@H](COC(=O)[C@@H](N)[C@@H](C)CC)[C@@H](O)[C@@H]1O.Cl. The zero-order chi connectivity index (χ0) is 19.1. The Morgan fingerprint density at radius 1 is 1.23 bits per heavy atom. The van der Waals surface area contributed by atoms with Gasteiger partial charge in [0.25, 0.3) is 0 Å². The highest BCUT2D eigenvalue weighted by Gasteiger charge is 2.45. The zero-order valence-electron chi connectivity index (χ0n) is 15.3. The Labute approximate surface area is 159 Å². The standard InChI is InChI=1S/C16H30N2O7.ClH/c1-4-6-10(19)18-12-14(21)13(20)9(25-16(12)23)7-24-15(22)11(17)8(3)5-2;/h8-9,11-14,16,20-21,23H,4-7,17H2,1-3H3,(H,18,19);1H/t8-,9+,11-,12+,13+,14+,16?;/m0./s1. The molecule has 26 heavy (non-hydrogen) atoms. The minimum Gasteiger partial charge on any atom is -0.462 e. The van der Waals surface area contributed by atoms with Gasteiger partial charge in [0.15, 0.2) is 6.29 Å². The summed E-state index contributed by atoms with van der Waals surface area (Å²) in [7, 11) is 0. The van der Waals surface area contributed by atoms with Crippen LogP contribution in [0.5, 0.6) is 0 Å². The molecule has 1 aliphatic heterocycles. The van der Waals surface area contributed by atoms with E-state index < -0.39 is 42.7 Å². The number of aliphatic hydroxyl groups excluding tert-OH is 3. The third-order valence-electron chi connectivity index (χ3n) is 4.44. The fraction of sp³-hybridized carbons (Fsp3) is 0.875. The van der Waals surface area contributed by atoms with E-state index in [1.54, 1.807) is 0 Å². The van der Waals surface area contributed by atoms with Gasteiger partial charge in [0, 0.05) is 6.42 Å². The lowest BCUT2D eigenvalue weighted by Crippen LogP contribution is -2.64. The Bertz CT molecular complexity index is 454. The van der Waals surface area contributed by atoms with Gasteiger partial charge in [-0.2, -0.15) is 0 Å². The molecule has 6 N–H and O–H groups in total. The number of hydrogen-bond donors (Lipinski definition) is 5. The van der Waals surface area contributed by atoms with E-state index in [4.69, 9.17) is 15.2 Å². The Morgan fingerprint density at radius 3 is 2.38 bits per heavy atom. The van der Waals surface area contributed by atoms with Crippen molar-refractivity contribution in [2.75, 3.05) is 6.61 Å². The van der Waals surface area contributed by atoms with Crippen LogP contribution < -0.4 is 11.1 Å². The van der Waals surface area contributed by atoms with Gasteiger partial charge in [0.1, 0.15) is 37.0 Å². The van der Waals surface area contributed by atoms with E-state index in [9.17, 15) is 24.9 Å². The Balaban J connectivity index is 0.00000625. The zero-order valence-corrected chi connectivity index (χ0v) is 16.1. The molecular weight excluding hydrogens is 368 g/mol. The first kappa shape index (κ1) is 25.0. The van der Waals surface area contributed by atoms with Gasteiger partial charge in [-0.3, -0.25) is 9.59 Å². The summed E-state index contributed by atoms with van der Waals surface area (Å²) in [5.74, 6) is -1.09. The Hall–Kier alpha value is -0.970. The van der Waals surface area contributed by atoms with Gasteiger partial charge >= 0.3 is 5.97 Å². The lowest BCUT2D eigenvalue weighted by atomic mass is 9.96. The van der Waals surface area contributed by atoms with Crippen LogP contribution in [0.1, 0.15) is 40.0 Å². The van der Waals surface area contributed by atoms with E-state index in [0.717, 1.165) is 0 Å². The Morgan fingerprint density at radius 2 is 1.85 bits per heavy atom. The van der Waals surface area contributed by atoms with E-state index in [1.807, 2.05) is 20.8 Å². The maximum absolute atomic E-state index is 11.9. The van der Waals surface area contributed by atoms with Crippen molar-refractivity contribution in [2.45, 2.75) is 76.7 Å². The number of halogens is 1. The van der Waals surface area contributed by atoms with Gasteiger partial charge in [0.05, 0.1) is 0 Å². The second kappa shape index (κ2) is 11.7. The predicted octanol–water partition coefficient (Wildman–Crippen LogP) is -0.951. The van der Waals surface area contributed by atoms with Gasteiger partial charge in [0.2, 0.25) is 5.91 Å². The molecule has 0 saturated carbocycles. The van der Waals surface area contributed by atoms with Crippen molar-refractivity contribution in [3.05, 3.63) is 0 Å². The number of carbonyl (C=O) groups is 2. The molecule has 1 fully saturated rings. The van der Waals surface area contributed by atoms with Gasteiger partial charge in [-0.1, -0.05) is 27.2 Å². The van der Waals surface area contributed by atoms with Crippen LogP contribution in [0.25, 0.3) is 0 Å². The molecular formula is C16H31ClN2O7. The monoisotopic (exact) mass is 398 g/mol. The molecule has 1 amide bonds. The van der Waals surface area contributed by atoms with Crippen LogP contribution in [0.4, 0.5) is 0 Å². The highest BCUT2D eigenvalue weighted by molar-refractivity contribution is 5.85. The maximum Gasteiger partial charge on any atom is 0.323 e. The van der Waals surface area contributed by atoms with Gasteiger partial charge < -0.3 is 35.8 Å². The largest absolute Gasteiger partial charge is 0.462 e. The lowest BCUT2D eigenvalue weighted by molar-refractivity contribution is -0.256. The lowest BCUT2D eigenvalue weighted by Gasteiger charge is -2.40. The number of nitrogens with two attached hydrogens (primary N) is 1. The molecule has 1 saturated heterocycles. The number of esters is 1. The first-order chi connectivity index (χ1) is 11.7. The van der Waals surface area contributed by atoms with Crippen molar-refractivity contribution in [3.8, 4) is 0 Å². The third kappa shape index (κ3) is 6.64. The molecule has 0 aromatic rings. The first-order valence-electron chi connectivity index (χ1n) is 8.64. The predicted molar refractivity (Wildman–Crippen MR) is 95.4 cm³/mol. The van der Waals surface area contributed by atoms with E-state index >= 15 is 0 Å². The van der Waals surface area contributed by atoms with Crippen molar-refractivity contribution in [1.82, 2.24) is 5.32 Å². The number of ether oxygens (including phenoxy) is 2. The summed E-state index contributed by atoms with van der Waals surface area (Å²) in [6, 6.07) is -1.97. The number of aliphatic hydroxyl groups is 3. The summed E-state index contributed by atoms with van der Waals surface area (Å²) in [5.41, 5.74) is 5.76. The van der Waals surface area contributed by atoms with E-state index in [-0.39, 0.29) is 37.3 Å². The fourth-order valence-electron chi connectivity index (χ4n) is 2.47. The summed E-state index contributed by atoms with van der Waals surface area (Å²) >= 11 is 0. The minimum absolute atomic E-state index is 0. The molecule has 0 bridgehead atoms. The van der Waals surface area contributed by atoms with E-state index in [2.05, 4.69) is 5.32 Å². The molecule has 0 aromatic carbocycles. The second-order valence-corrected chi connectivity index (χ2v) is 6.43. The summed E-state index contributed by atoms with van der Waals surface area (Å²) < 4.78 is 10.2. The average molecular weight is 399 g/mol. The maximum atomic E-state index is 11.9. The number of nitrogens with one attached hydrogen (secondary N) is 1. The van der Waals surface area contributed by atoms with Crippen LogP contribution in [0.15, 0.2) is 0 Å². The molecule has 9 nitrogen and oxygen atoms in total. The topological polar surface area (TPSA) is 151 Å². The molecule has 154 valence electrons. The van der Waals surface area contributed by atoms with Crippen LogP contribution in [-0.4, -0.2) is 70.5 Å². The second-order valence-electron chi connectivity index (χ2n) is 6.43. The van der Waals surface area contributed by atoms with Crippen LogP contribution >= 0.6 is 12.4 Å². The van der Waals surface area contributed by atoms with Gasteiger partial charge in [-0.15, -0.1) is 12.4 Å². The smallest absolute Gasteiger partial charge is 0.323 e. The van der Waals surface area contributed by atoms with E-state index in [0.29, 0.717) is 12.8 Å². The number of rotatable bonds is 8. The van der Waals surface area contributed by atoms with Gasteiger partial charge in [-0.05, 0) is 12.3 Å². The summed E-state index contributed by atoms with van der Waals surface area (Å²) in [6.07, 6.45) is -4.04. The number of carbonyl (C=O) groups excluding carboxylic acids is 2. The van der Waals surface area contributed by atoms with Crippen LogP contribution in [-0.2, 0) is 19.1 Å². The molecule has 1 aliphatic rings. The Kier molecular flexibility index (Phi) is 11.2. The third-order valence-corrected chi connectivity index (χ3v) is 4.44. The van der Waals surface area contributed by atoms with Crippen molar-refractivity contribution >= 4 is 24.3 Å². The van der Waals surface area contributed by atoms with Crippen LogP contribution in [0, 0.1) is 5.92 Å². The molecule has 0 spiro atoms. The molecule has 10 heteroatoms. The highest BCUT2D eigenvalue weighted by Crippen LogP contribution is 2.21. The van der Waals surface area contributed by atoms with Crippen LogP contribution in [0.2, 0.25) is 0 Å². The fourth-order valence-corrected chi connectivity index (χ4v) is 2.47. The van der Waals surface area contributed by atoms with Crippen molar-refractivity contribution in [2.24, 2.45) is 11.7 Å². The van der Waals surface area contributed by atoms with Crippen LogP contribution in [0.3, 0.4) is 0 Å². The molecule has 7 atom stereocenters.